The molecule has 0 aliphatic rings. The third-order valence-corrected chi connectivity index (χ3v) is 3.76. The van der Waals surface area contributed by atoms with Crippen LogP contribution in [0.1, 0.15) is 5.56 Å². The number of ether oxygens (including phenoxy) is 1. The summed E-state index contributed by atoms with van der Waals surface area (Å²) in [5.74, 6) is -0.357. The van der Waals surface area contributed by atoms with Crippen LogP contribution in [0, 0.1) is 0 Å². The summed E-state index contributed by atoms with van der Waals surface area (Å²) in [4.78, 5) is 16.2. The van der Waals surface area contributed by atoms with E-state index in [0.29, 0.717) is 11.6 Å². The van der Waals surface area contributed by atoms with E-state index in [4.69, 9.17) is 17.0 Å². The maximum atomic E-state index is 12.1. The minimum Gasteiger partial charge on any atom is -0.467 e. The molecule has 1 unspecified atom stereocenters. The highest BCUT2D eigenvalue weighted by Crippen LogP contribution is 2.15. The number of hydrogen-bond donors (Lipinski definition) is 1. The maximum absolute atomic E-state index is 12.1. The van der Waals surface area contributed by atoms with Crippen molar-refractivity contribution in [3.8, 4) is 0 Å². The molecule has 0 saturated carbocycles. The molecule has 7 heteroatoms. The lowest BCUT2D eigenvalue weighted by molar-refractivity contribution is -0.144. The van der Waals surface area contributed by atoms with E-state index in [1.807, 2.05) is 35.7 Å². The highest BCUT2D eigenvalue weighted by molar-refractivity contribution is 7.78. The summed E-state index contributed by atoms with van der Waals surface area (Å²) >= 11 is 6.44. The molecule has 0 radical (unpaired) electrons. The van der Waals surface area contributed by atoms with E-state index in [1.165, 1.54) is 23.9 Å². The van der Waals surface area contributed by atoms with Crippen molar-refractivity contribution in [3.63, 3.8) is 0 Å². The third kappa shape index (κ3) is 4.24. The fourth-order valence-electron chi connectivity index (χ4n) is 1.84. The van der Waals surface area contributed by atoms with Gasteiger partial charge in [0, 0.05) is 18.0 Å². The van der Waals surface area contributed by atoms with Gasteiger partial charge in [0.1, 0.15) is 0 Å². The largest absolute Gasteiger partial charge is 0.467 e. The van der Waals surface area contributed by atoms with Crippen LogP contribution < -0.4 is 5.43 Å². The number of anilines is 1. The summed E-state index contributed by atoms with van der Waals surface area (Å²) in [5.41, 5.74) is 5.44. The molecule has 5 nitrogen and oxygen atoms in total. The number of thiazole rings is 1. The molecule has 0 amide bonds. The predicted molar refractivity (Wildman–Crippen MR) is 87.2 cm³/mol. The van der Waals surface area contributed by atoms with Crippen molar-refractivity contribution >= 4 is 40.1 Å². The number of thiocarbonyl (C=S) groups is 1. The molecule has 1 N–H and O–H groups in total. The smallest absolute Gasteiger partial charge is 0.330 e. The van der Waals surface area contributed by atoms with Gasteiger partial charge in [0.05, 0.1) is 12.6 Å². The number of methoxy groups -OCH3 is 1. The lowest BCUT2D eigenvalue weighted by Gasteiger charge is -2.27. The number of esters is 1. The number of carbonyl (C=O) groups excluding carboxylic acids is 1. The first kappa shape index (κ1) is 15.4. The van der Waals surface area contributed by atoms with Crippen molar-refractivity contribution in [2.75, 3.05) is 12.5 Å². The first-order valence-electron chi connectivity index (χ1n) is 6.26. The molecule has 0 aliphatic carbocycles. The van der Waals surface area contributed by atoms with Crippen molar-refractivity contribution in [2.45, 2.75) is 12.5 Å². The van der Waals surface area contributed by atoms with Gasteiger partial charge < -0.3 is 4.74 Å². The minimum absolute atomic E-state index is 0.357. The molecular formula is C14H15N3O2S2. The Bertz CT molecular complexity index is 575. The Morgan fingerprint density at radius 1 is 1.52 bits per heavy atom. The normalized spacial score (nSPS) is 11.5. The molecule has 0 saturated heterocycles. The standard InChI is InChI=1S/C14H15N3O2S2/c1-19-13(18)12(9-11-5-3-2-4-6-11)17(10-20)16-14-15-7-8-21-14/h2-8,10,12H,9H2,1H3,(H,15,16). The van der Waals surface area contributed by atoms with E-state index in [1.54, 1.807) is 11.2 Å². The highest BCUT2D eigenvalue weighted by Gasteiger charge is 2.26. The Hall–Kier alpha value is -1.99. The van der Waals surface area contributed by atoms with E-state index in [2.05, 4.69) is 10.4 Å². The van der Waals surface area contributed by atoms with Crippen LogP contribution in [-0.2, 0) is 16.0 Å². The molecule has 0 aliphatic heterocycles. The lowest BCUT2D eigenvalue weighted by Crippen LogP contribution is -2.45. The Kier molecular flexibility index (Phi) is 5.65. The van der Waals surface area contributed by atoms with Gasteiger partial charge in [0.15, 0.2) is 6.04 Å². The van der Waals surface area contributed by atoms with Crippen molar-refractivity contribution in [1.29, 1.82) is 0 Å². The summed E-state index contributed by atoms with van der Waals surface area (Å²) in [6.45, 7) is 0. The first-order valence-corrected chi connectivity index (χ1v) is 7.61. The van der Waals surface area contributed by atoms with E-state index in [9.17, 15) is 4.79 Å². The Morgan fingerprint density at radius 3 is 2.86 bits per heavy atom. The number of benzene rings is 1. The molecule has 21 heavy (non-hydrogen) atoms. The van der Waals surface area contributed by atoms with Gasteiger partial charge in [-0.3, -0.25) is 10.4 Å². The zero-order valence-corrected chi connectivity index (χ0v) is 13.1. The van der Waals surface area contributed by atoms with Gasteiger partial charge in [-0.2, -0.15) is 0 Å². The molecule has 0 bridgehead atoms. The van der Waals surface area contributed by atoms with Crippen LogP contribution in [0.4, 0.5) is 5.13 Å². The summed E-state index contributed by atoms with van der Waals surface area (Å²) in [7, 11) is 1.37. The molecule has 1 atom stereocenters. The number of nitrogens with one attached hydrogen (secondary N) is 1. The van der Waals surface area contributed by atoms with E-state index < -0.39 is 6.04 Å². The quantitative estimate of drug-likeness (QED) is 0.480. The van der Waals surface area contributed by atoms with Gasteiger partial charge in [0.25, 0.3) is 0 Å². The second-order valence-corrected chi connectivity index (χ2v) is 5.30. The van der Waals surface area contributed by atoms with Crippen LogP contribution in [0.2, 0.25) is 0 Å². The van der Waals surface area contributed by atoms with Crippen LogP contribution >= 0.6 is 23.6 Å². The average Bonchev–Trinajstić information content (AvgIpc) is 3.04. The number of hydrazine groups is 1. The van der Waals surface area contributed by atoms with E-state index >= 15 is 0 Å². The number of rotatable bonds is 7. The van der Waals surface area contributed by atoms with Crippen LogP contribution in [0.25, 0.3) is 0 Å². The zero-order valence-electron chi connectivity index (χ0n) is 11.4. The fourth-order valence-corrected chi connectivity index (χ4v) is 2.57. The lowest BCUT2D eigenvalue weighted by atomic mass is 10.1. The molecule has 2 aromatic rings. The van der Waals surface area contributed by atoms with Crippen molar-refractivity contribution < 1.29 is 9.53 Å². The molecule has 110 valence electrons. The van der Waals surface area contributed by atoms with Crippen molar-refractivity contribution in [2.24, 2.45) is 0 Å². The Labute approximate surface area is 132 Å². The van der Waals surface area contributed by atoms with Crippen LogP contribution in [0.15, 0.2) is 41.9 Å². The van der Waals surface area contributed by atoms with E-state index in [0.717, 1.165) is 5.56 Å². The second-order valence-electron chi connectivity index (χ2n) is 4.19. The number of nitrogens with zero attached hydrogens (tertiary/aromatic N) is 2. The topological polar surface area (TPSA) is 54.5 Å². The highest BCUT2D eigenvalue weighted by atomic mass is 32.1. The maximum Gasteiger partial charge on any atom is 0.330 e. The summed E-state index contributed by atoms with van der Waals surface area (Å²) in [6.07, 6.45) is 2.16. The fraction of sp³-hybridized carbons (Fsp3) is 0.214. The SMILES string of the molecule is COC(=O)C(Cc1ccccc1)N(C=S)Nc1nccs1. The molecule has 2 rings (SSSR count). The molecule has 0 spiro atoms. The Morgan fingerprint density at radius 2 is 2.29 bits per heavy atom. The van der Waals surface area contributed by atoms with Gasteiger partial charge in [-0.15, -0.1) is 11.3 Å². The second kappa shape index (κ2) is 7.70. The summed E-state index contributed by atoms with van der Waals surface area (Å²) in [6, 6.07) is 9.15. The summed E-state index contributed by atoms with van der Waals surface area (Å²) < 4.78 is 4.88. The van der Waals surface area contributed by atoms with Gasteiger partial charge >= 0.3 is 5.97 Å². The van der Waals surface area contributed by atoms with Gasteiger partial charge in [-0.1, -0.05) is 42.5 Å². The first-order chi connectivity index (χ1) is 10.2. The molecule has 1 heterocycles. The number of aromatic nitrogens is 1. The molecule has 0 fully saturated rings. The summed E-state index contributed by atoms with van der Waals surface area (Å²) in [5, 5.41) is 4.05. The molecular weight excluding hydrogens is 306 g/mol. The monoisotopic (exact) mass is 321 g/mol. The van der Waals surface area contributed by atoms with E-state index in [-0.39, 0.29) is 5.97 Å². The molecule has 1 aromatic heterocycles. The third-order valence-electron chi connectivity index (χ3n) is 2.85. The van der Waals surface area contributed by atoms with Crippen LogP contribution in [-0.4, -0.2) is 34.6 Å². The zero-order chi connectivity index (χ0) is 15.1. The van der Waals surface area contributed by atoms with Crippen LogP contribution in [0.5, 0.6) is 0 Å². The number of hydrogen-bond acceptors (Lipinski definition) is 6. The van der Waals surface area contributed by atoms with Gasteiger partial charge in [-0.25, -0.2) is 9.78 Å². The Balaban J connectivity index is 2.17. The number of carbonyl (C=O) groups is 1. The van der Waals surface area contributed by atoms with Crippen molar-refractivity contribution in [3.05, 3.63) is 47.5 Å². The van der Waals surface area contributed by atoms with Crippen LogP contribution in [0.3, 0.4) is 0 Å². The average molecular weight is 321 g/mol. The molecule has 1 aromatic carbocycles. The minimum atomic E-state index is -0.557. The van der Waals surface area contributed by atoms with Gasteiger partial charge in [0.2, 0.25) is 5.13 Å². The predicted octanol–water partition coefficient (Wildman–Crippen LogP) is 2.51. The van der Waals surface area contributed by atoms with Crippen molar-refractivity contribution in [1.82, 2.24) is 9.99 Å². The van der Waals surface area contributed by atoms with Gasteiger partial charge in [-0.05, 0) is 5.56 Å².